The van der Waals surface area contributed by atoms with E-state index in [1.54, 1.807) is 0 Å². The fraction of sp³-hybridized carbons (Fsp3) is 0.367. The molecule has 1 fully saturated rings. The van der Waals surface area contributed by atoms with Crippen molar-refractivity contribution in [1.29, 1.82) is 0 Å². The normalized spacial score (nSPS) is 21.5. The van der Waals surface area contributed by atoms with Gasteiger partial charge in [0.05, 0.1) is 6.61 Å². The summed E-state index contributed by atoms with van der Waals surface area (Å²) in [6, 6.07) is 24.9. The van der Waals surface area contributed by atoms with Crippen molar-refractivity contribution in [3.63, 3.8) is 0 Å². The number of aldehydes is 1. The lowest BCUT2D eigenvalue weighted by atomic mass is 9.80. The Balaban J connectivity index is 1.17. The molecule has 0 bridgehead atoms. The van der Waals surface area contributed by atoms with Crippen LogP contribution in [0.4, 0.5) is 0 Å². The first-order valence-corrected chi connectivity index (χ1v) is 12.2. The standard InChI is InChI=1S/C30H33NO2/c1-21-16-22(8-11-28(21)24-6-4-3-5-7-24)14-15-33-27-10-12-29-25(19-27)9-13-30(29)31(2)26-17-23(18-26)20-32/h3-8,10-12,16,19-20,23,26,30H,9,13-15,17-18H2,1-2H3. The predicted octanol–water partition coefficient (Wildman–Crippen LogP) is 6.18. The molecule has 3 aromatic carbocycles. The van der Waals surface area contributed by atoms with E-state index in [1.165, 1.54) is 33.4 Å². The van der Waals surface area contributed by atoms with Gasteiger partial charge in [0.1, 0.15) is 12.0 Å². The molecule has 170 valence electrons. The zero-order chi connectivity index (χ0) is 22.8. The molecule has 0 saturated heterocycles. The van der Waals surface area contributed by atoms with Crippen LogP contribution >= 0.6 is 0 Å². The van der Waals surface area contributed by atoms with Gasteiger partial charge in [0, 0.05) is 24.4 Å². The summed E-state index contributed by atoms with van der Waals surface area (Å²) in [4.78, 5) is 13.4. The first-order valence-electron chi connectivity index (χ1n) is 12.2. The van der Waals surface area contributed by atoms with Crippen LogP contribution in [0.25, 0.3) is 11.1 Å². The van der Waals surface area contributed by atoms with Crippen molar-refractivity contribution in [3.8, 4) is 16.9 Å². The quantitative estimate of drug-likeness (QED) is 0.393. The van der Waals surface area contributed by atoms with Crippen LogP contribution in [-0.2, 0) is 17.6 Å². The lowest BCUT2D eigenvalue weighted by Crippen LogP contribution is -2.44. The minimum absolute atomic E-state index is 0.271. The maximum Gasteiger partial charge on any atom is 0.123 e. The molecular formula is C30H33NO2. The minimum Gasteiger partial charge on any atom is -0.493 e. The van der Waals surface area contributed by atoms with E-state index in [0.29, 0.717) is 18.7 Å². The van der Waals surface area contributed by atoms with Crippen LogP contribution in [-0.4, -0.2) is 30.9 Å². The second-order valence-electron chi connectivity index (χ2n) is 9.72. The molecule has 3 nitrogen and oxygen atoms in total. The molecule has 0 N–H and O–H groups in total. The Morgan fingerprint density at radius 1 is 1.03 bits per heavy atom. The smallest absolute Gasteiger partial charge is 0.123 e. The molecule has 3 heteroatoms. The molecule has 1 atom stereocenters. The molecule has 1 unspecified atom stereocenters. The van der Waals surface area contributed by atoms with Gasteiger partial charge in [0.25, 0.3) is 0 Å². The minimum atomic E-state index is 0.271. The van der Waals surface area contributed by atoms with Crippen LogP contribution in [0.15, 0.2) is 66.7 Å². The van der Waals surface area contributed by atoms with Crippen molar-refractivity contribution in [2.24, 2.45) is 5.92 Å². The molecule has 2 aliphatic carbocycles. The Morgan fingerprint density at radius 2 is 1.85 bits per heavy atom. The molecule has 2 aliphatic rings. The third-order valence-electron chi connectivity index (χ3n) is 7.61. The van der Waals surface area contributed by atoms with E-state index in [9.17, 15) is 4.79 Å². The van der Waals surface area contributed by atoms with E-state index < -0.39 is 0 Å². The number of fused-ring (bicyclic) bond motifs is 1. The fourth-order valence-electron chi connectivity index (χ4n) is 5.52. The Bertz CT molecular complexity index is 1120. The first-order chi connectivity index (χ1) is 16.1. The van der Waals surface area contributed by atoms with Gasteiger partial charge in [-0.2, -0.15) is 0 Å². The van der Waals surface area contributed by atoms with Crippen LogP contribution in [0, 0.1) is 12.8 Å². The molecule has 0 aliphatic heterocycles. The van der Waals surface area contributed by atoms with Crippen molar-refractivity contribution in [2.45, 2.75) is 51.1 Å². The zero-order valence-electron chi connectivity index (χ0n) is 19.7. The van der Waals surface area contributed by atoms with E-state index in [0.717, 1.165) is 44.1 Å². The SMILES string of the molecule is Cc1cc(CCOc2ccc3c(c2)CCC3N(C)C2CC(C=O)C2)ccc1-c1ccccc1. The van der Waals surface area contributed by atoms with Gasteiger partial charge >= 0.3 is 0 Å². The van der Waals surface area contributed by atoms with Crippen molar-refractivity contribution in [1.82, 2.24) is 4.90 Å². The third kappa shape index (κ3) is 4.60. The lowest BCUT2D eigenvalue weighted by Gasteiger charge is -2.42. The number of benzene rings is 3. The number of aryl methyl sites for hydroxylation is 2. The Labute approximate surface area is 197 Å². The summed E-state index contributed by atoms with van der Waals surface area (Å²) in [6.07, 6.45) is 6.31. The van der Waals surface area contributed by atoms with Gasteiger partial charge in [-0.1, -0.05) is 54.6 Å². The second-order valence-corrected chi connectivity index (χ2v) is 9.72. The number of hydrogen-bond acceptors (Lipinski definition) is 3. The molecule has 0 aromatic heterocycles. The predicted molar refractivity (Wildman–Crippen MR) is 134 cm³/mol. The summed E-state index contributed by atoms with van der Waals surface area (Å²) in [6.45, 7) is 2.87. The highest BCUT2D eigenvalue weighted by Crippen LogP contribution is 2.41. The van der Waals surface area contributed by atoms with Crippen molar-refractivity contribution in [3.05, 3.63) is 89.0 Å². The van der Waals surface area contributed by atoms with Crippen molar-refractivity contribution >= 4 is 6.29 Å². The maximum absolute atomic E-state index is 10.9. The average Bonchev–Trinajstić information content (AvgIpc) is 3.22. The van der Waals surface area contributed by atoms with Crippen LogP contribution in [0.3, 0.4) is 0 Å². The van der Waals surface area contributed by atoms with E-state index in [4.69, 9.17) is 4.74 Å². The summed E-state index contributed by atoms with van der Waals surface area (Å²) in [5, 5.41) is 0. The number of rotatable bonds is 8. The Kier molecular flexibility index (Phi) is 6.32. The van der Waals surface area contributed by atoms with Crippen LogP contribution in [0.2, 0.25) is 0 Å². The zero-order valence-corrected chi connectivity index (χ0v) is 19.7. The Hall–Kier alpha value is -2.91. The van der Waals surface area contributed by atoms with Gasteiger partial charge in [-0.15, -0.1) is 0 Å². The highest BCUT2D eigenvalue weighted by molar-refractivity contribution is 5.67. The topological polar surface area (TPSA) is 29.5 Å². The van der Waals surface area contributed by atoms with E-state index in [-0.39, 0.29) is 5.92 Å². The molecule has 0 spiro atoms. The average molecular weight is 440 g/mol. The number of nitrogens with zero attached hydrogens (tertiary/aromatic N) is 1. The van der Waals surface area contributed by atoms with Crippen LogP contribution < -0.4 is 4.74 Å². The first kappa shape index (κ1) is 21.9. The van der Waals surface area contributed by atoms with E-state index in [2.05, 4.69) is 85.6 Å². The molecule has 5 rings (SSSR count). The van der Waals surface area contributed by atoms with Gasteiger partial charge in [0.2, 0.25) is 0 Å². The van der Waals surface area contributed by atoms with Gasteiger partial charge < -0.3 is 9.53 Å². The van der Waals surface area contributed by atoms with Crippen molar-refractivity contribution < 1.29 is 9.53 Å². The number of ether oxygens (including phenoxy) is 1. The number of carbonyl (C=O) groups excluding carboxylic acids is 1. The van der Waals surface area contributed by atoms with Gasteiger partial charge in [-0.3, -0.25) is 4.90 Å². The van der Waals surface area contributed by atoms with Crippen molar-refractivity contribution in [2.75, 3.05) is 13.7 Å². The second kappa shape index (κ2) is 9.52. The monoisotopic (exact) mass is 439 g/mol. The highest BCUT2D eigenvalue weighted by Gasteiger charge is 2.37. The summed E-state index contributed by atoms with van der Waals surface area (Å²) < 4.78 is 6.14. The molecule has 0 amide bonds. The number of hydrogen-bond donors (Lipinski definition) is 0. The molecule has 1 saturated carbocycles. The molecule has 0 radical (unpaired) electrons. The molecule has 3 aromatic rings. The highest BCUT2D eigenvalue weighted by atomic mass is 16.5. The fourth-order valence-corrected chi connectivity index (χ4v) is 5.52. The van der Waals surface area contributed by atoms with Gasteiger partial charge in [-0.05, 0) is 85.2 Å². The van der Waals surface area contributed by atoms with Gasteiger partial charge in [-0.25, -0.2) is 0 Å². The lowest BCUT2D eigenvalue weighted by molar-refractivity contribution is -0.115. The van der Waals surface area contributed by atoms with Crippen LogP contribution in [0.5, 0.6) is 5.75 Å². The summed E-state index contributed by atoms with van der Waals surface area (Å²) in [7, 11) is 2.22. The summed E-state index contributed by atoms with van der Waals surface area (Å²) in [5.74, 6) is 1.24. The molecule has 33 heavy (non-hydrogen) atoms. The van der Waals surface area contributed by atoms with Gasteiger partial charge in [0.15, 0.2) is 0 Å². The summed E-state index contributed by atoms with van der Waals surface area (Å²) >= 11 is 0. The number of carbonyl (C=O) groups is 1. The van der Waals surface area contributed by atoms with E-state index in [1.807, 2.05) is 0 Å². The molecular weight excluding hydrogens is 406 g/mol. The maximum atomic E-state index is 10.9. The molecule has 0 heterocycles. The largest absolute Gasteiger partial charge is 0.493 e. The van der Waals surface area contributed by atoms with Crippen LogP contribution in [0.1, 0.15) is 47.6 Å². The van der Waals surface area contributed by atoms with E-state index >= 15 is 0 Å². The Morgan fingerprint density at radius 3 is 2.61 bits per heavy atom. The summed E-state index contributed by atoms with van der Waals surface area (Å²) in [5.41, 5.74) is 8.02. The third-order valence-corrected chi connectivity index (χ3v) is 7.61.